The van der Waals surface area contributed by atoms with Crippen molar-refractivity contribution in [2.24, 2.45) is 0 Å². The Labute approximate surface area is 176 Å². The molecule has 0 saturated carbocycles. The number of anilines is 1. The molecule has 1 N–H and O–H groups in total. The van der Waals surface area contributed by atoms with E-state index in [0.29, 0.717) is 38.3 Å². The van der Waals surface area contributed by atoms with Gasteiger partial charge >= 0.3 is 0 Å². The van der Waals surface area contributed by atoms with E-state index in [0.717, 1.165) is 5.56 Å². The SMILES string of the molecule is CCn1c(SCC(=O)Nc2ccc(Cl)cc2Cl)nnc1-c1cccc(Cl)c1. The van der Waals surface area contributed by atoms with Crippen molar-refractivity contribution in [2.75, 3.05) is 11.1 Å². The largest absolute Gasteiger partial charge is 0.324 e. The summed E-state index contributed by atoms with van der Waals surface area (Å²) in [6.07, 6.45) is 0. The number of carbonyl (C=O) groups excluding carboxylic acids is 1. The summed E-state index contributed by atoms with van der Waals surface area (Å²) in [6, 6.07) is 12.3. The molecule has 9 heteroatoms. The highest BCUT2D eigenvalue weighted by Gasteiger charge is 2.15. The Morgan fingerprint density at radius 2 is 1.89 bits per heavy atom. The highest BCUT2D eigenvalue weighted by Crippen LogP contribution is 2.27. The lowest BCUT2D eigenvalue weighted by molar-refractivity contribution is -0.113. The predicted molar refractivity (Wildman–Crippen MR) is 112 cm³/mol. The van der Waals surface area contributed by atoms with Crippen molar-refractivity contribution in [3.05, 3.63) is 57.5 Å². The molecule has 0 aliphatic heterocycles. The van der Waals surface area contributed by atoms with Crippen LogP contribution in [0, 0.1) is 0 Å². The zero-order valence-corrected chi connectivity index (χ0v) is 17.3. The molecule has 1 amide bonds. The Morgan fingerprint density at radius 3 is 2.59 bits per heavy atom. The Morgan fingerprint density at radius 1 is 1.11 bits per heavy atom. The molecule has 0 saturated heterocycles. The van der Waals surface area contributed by atoms with Crippen molar-refractivity contribution in [3.8, 4) is 11.4 Å². The number of nitrogens with zero attached hydrogens (tertiary/aromatic N) is 3. The minimum absolute atomic E-state index is 0.173. The van der Waals surface area contributed by atoms with Crippen LogP contribution < -0.4 is 5.32 Å². The number of hydrogen-bond acceptors (Lipinski definition) is 4. The van der Waals surface area contributed by atoms with Crippen molar-refractivity contribution in [2.45, 2.75) is 18.6 Å². The van der Waals surface area contributed by atoms with Crippen LogP contribution in [0.2, 0.25) is 15.1 Å². The van der Waals surface area contributed by atoms with E-state index in [1.165, 1.54) is 11.8 Å². The third-order valence-corrected chi connectivity index (χ3v) is 5.40. The molecule has 5 nitrogen and oxygen atoms in total. The molecule has 3 rings (SSSR count). The normalized spacial score (nSPS) is 10.8. The lowest BCUT2D eigenvalue weighted by Gasteiger charge is -2.09. The molecule has 0 bridgehead atoms. The van der Waals surface area contributed by atoms with Gasteiger partial charge in [-0.2, -0.15) is 0 Å². The topological polar surface area (TPSA) is 59.8 Å². The third-order valence-electron chi connectivity index (χ3n) is 3.65. The van der Waals surface area contributed by atoms with Crippen molar-refractivity contribution in [1.82, 2.24) is 14.8 Å². The Balaban J connectivity index is 1.70. The molecule has 1 aromatic heterocycles. The van der Waals surface area contributed by atoms with Crippen LogP contribution in [0.15, 0.2) is 47.6 Å². The van der Waals surface area contributed by atoms with Crippen LogP contribution in [-0.4, -0.2) is 26.4 Å². The second-order valence-corrected chi connectivity index (χ2v) is 7.74. The van der Waals surface area contributed by atoms with Gasteiger partial charge < -0.3 is 9.88 Å². The number of aromatic nitrogens is 3. The standard InChI is InChI=1S/C18H15Cl3N4OS/c1-2-25-17(11-4-3-5-12(19)8-11)23-24-18(25)27-10-16(26)22-15-7-6-13(20)9-14(15)21/h3-9H,2,10H2,1H3,(H,22,26). The smallest absolute Gasteiger partial charge is 0.234 e. The summed E-state index contributed by atoms with van der Waals surface area (Å²) in [5.74, 6) is 0.690. The van der Waals surface area contributed by atoms with Gasteiger partial charge in [0.25, 0.3) is 0 Å². The minimum atomic E-state index is -0.195. The van der Waals surface area contributed by atoms with E-state index >= 15 is 0 Å². The molecule has 0 atom stereocenters. The molecule has 0 spiro atoms. The van der Waals surface area contributed by atoms with Crippen molar-refractivity contribution in [1.29, 1.82) is 0 Å². The fourth-order valence-electron chi connectivity index (χ4n) is 2.43. The second-order valence-electron chi connectivity index (χ2n) is 5.52. The number of carbonyl (C=O) groups is 1. The van der Waals surface area contributed by atoms with Crippen LogP contribution in [0.3, 0.4) is 0 Å². The fraction of sp³-hybridized carbons (Fsp3) is 0.167. The number of halogens is 3. The number of hydrogen-bond donors (Lipinski definition) is 1. The third kappa shape index (κ3) is 4.96. The second kappa shape index (κ2) is 8.97. The summed E-state index contributed by atoms with van der Waals surface area (Å²) in [6.45, 7) is 2.66. The molecule has 3 aromatic rings. The fourth-order valence-corrected chi connectivity index (χ4v) is 3.88. The average Bonchev–Trinajstić information content (AvgIpc) is 3.05. The zero-order chi connectivity index (χ0) is 19.4. The summed E-state index contributed by atoms with van der Waals surface area (Å²) in [5, 5.41) is 13.4. The van der Waals surface area contributed by atoms with Crippen molar-refractivity contribution in [3.63, 3.8) is 0 Å². The summed E-state index contributed by atoms with van der Waals surface area (Å²) >= 11 is 19.3. The van der Waals surface area contributed by atoms with E-state index in [-0.39, 0.29) is 11.7 Å². The van der Waals surface area contributed by atoms with Crippen LogP contribution in [0.25, 0.3) is 11.4 Å². The maximum absolute atomic E-state index is 12.2. The molecule has 27 heavy (non-hydrogen) atoms. The first-order chi connectivity index (χ1) is 13.0. The van der Waals surface area contributed by atoms with Crippen LogP contribution in [-0.2, 0) is 11.3 Å². The average molecular weight is 442 g/mol. The number of amides is 1. The van der Waals surface area contributed by atoms with E-state index in [4.69, 9.17) is 34.8 Å². The first-order valence-electron chi connectivity index (χ1n) is 8.04. The number of nitrogens with one attached hydrogen (secondary N) is 1. The van der Waals surface area contributed by atoms with Gasteiger partial charge in [-0.3, -0.25) is 4.79 Å². The molecule has 0 aliphatic rings. The van der Waals surface area contributed by atoms with Crippen LogP contribution >= 0.6 is 46.6 Å². The summed E-state index contributed by atoms with van der Waals surface area (Å²) in [5.41, 5.74) is 1.39. The first kappa shape index (κ1) is 20.0. The molecule has 0 radical (unpaired) electrons. The van der Waals surface area contributed by atoms with E-state index in [1.807, 2.05) is 29.7 Å². The van der Waals surface area contributed by atoms with Crippen LogP contribution in [0.1, 0.15) is 6.92 Å². The van der Waals surface area contributed by atoms with Gasteiger partial charge in [0.2, 0.25) is 5.91 Å². The van der Waals surface area contributed by atoms with Gasteiger partial charge in [-0.1, -0.05) is 58.7 Å². The summed E-state index contributed by atoms with van der Waals surface area (Å²) in [7, 11) is 0. The zero-order valence-electron chi connectivity index (χ0n) is 14.2. The molecule has 0 aliphatic carbocycles. The number of benzene rings is 2. The molecular formula is C18H15Cl3N4OS. The number of rotatable bonds is 6. The maximum atomic E-state index is 12.2. The Kier molecular flexibility index (Phi) is 6.65. The minimum Gasteiger partial charge on any atom is -0.324 e. The van der Waals surface area contributed by atoms with E-state index < -0.39 is 0 Å². The molecule has 2 aromatic carbocycles. The molecule has 0 fully saturated rings. The first-order valence-corrected chi connectivity index (χ1v) is 10.2. The molecule has 140 valence electrons. The highest BCUT2D eigenvalue weighted by molar-refractivity contribution is 7.99. The van der Waals surface area contributed by atoms with Crippen molar-refractivity contribution >= 4 is 58.2 Å². The quantitative estimate of drug-likeness (QED) is 0.502. The van der Waals surface area contributed by atoms with E-state index in [2.05, 4.69) is 15.5 Å². The molecular weight excluding hydrogens is 427 g/mol. The lowest BCUT2D eigenvalue weighted by Crippen LogP contribution is -2.15. The number of thioether (sulfide) groups is 1. The summed E-state index contributed by atoms with van der Waals surface area (Å²) < 4.78 is 1.94. The van der Waals surface area contributed by atoms with Gasteiger partial charge in [0.15, 0.2) is 11.0 Å². The molecule has 0 unspecified atom stereocenters. The van der Waals surface area contributed by atoms with Gasteiger partial charge in [0.1, 0.15) is 0 Å². The van der Waals surface area contributed by atoms with Gasteiger partial charge in [-0.25, -0.2) is 0 Å². The predicted octanol–water partition coefficient (Wildman–Crippen LogP) is 5.66. The van der Waals surface area contributed by atoms with Gasteiger partial charge in [-0.15, -0.1) is 10.2 Å². The lowest BCUT2D eigenvalue weighted by atomic mass is 10.2. The Hall–Kier alpha value is -1.73. The van der Waals surface area contributed by atoms with E-state index in [9.17, 15) is 4.79 Å². The van der Waals surface area contributed by atoms with Gasteiger partial charge in [-0.05, 0) is 37.3 Å². The van der Waals surface area contributed by atoms with E-state index in [1.54, 1.807) is 24.3 Å². The van der Waals surface area contributed by atoms with Gasteiger partial charge in [0.05, 0.1) is 16.5 Å². The highest BCUT2D eigenvalue weighted by atomic mass is 35.5. The monoisotopic (exact) mass is 440 g/mol. The summed E-state index contributed by atoms with van der Waals surface area (Å²) in [4.78, 5) is 12.2. The van der Waals surface area contributed by atoms with Crippen LogP contribution in [0.4, 0.5) is 5.69 Å². The van der Waals surface area contributed by atoms with Gasteiger partial charge in [0, 0.05) is 22.2 Å². The Bertz CT molecular complexity index is 977. The maximum Gasteiger partial charge on any atom is 0.234 e. The van der Waals surface area contributed by atoms with Crippen molar-refractivity contribution < 1.29 is 4.79 Å². The molecule has 1 heterocycles. The van der Waals surface area contributed by atoms with Crippen LogP contribution in [0.5, 0.6) is 0 Å².